The van der Waals surface area contributed by atoms with Crippen molar-refractivity contribution < 1.29 is 8.95 Å². The maximum atomic E-state index is 12.3. The summed E-state index contributed by atoms with van der Waals surface area (Å²) < 4.78 is 19.3. The number of methoxy groups -OCH3 is 1. The Bertz CT molecular complexity index is 360. The molecule has 1 fully saturated rings. The Balaban J connectivity index is 3.13. The van der Waals surface area contributed by atoms with E-state index in [0.29, 0.717) is 12.7 Å². The van der Waals surface area contributed by atoms with Crippen LogP contribution in [0.5, 0.6) is 0 Å². The van der Waals surface area contributed by atoms with Crippen molar-refractivity contribution in [3.8, 4) is 0 Å². The molecule has 1 rings (SSSR count). The molecule has 0 saturated carbocycles. The molecule has 0 aliphatic carbocycles. The first-order chi connectivity index (χ1) is 8.23. The van der Waals surface area contributed by atoms with Crippen LogP contribution in [-0.2, 0) is 15.7 Å². The average Bonchev–Trinajstić information content (AvgIpc) is 2.50. The fourth-order valence-corrected chi connectivity index (χ4v) is 3.84. The van der Waals surface area contributed by atoms with E-state index in [1.807, 2.05) is 4.31 Å². The first-order valence-corrected chi connectivity index (χ1v) is 7.60. The second-order valence-electron chi connectivity index (χ2n) is 5.72. The van der Waals surface area contributed by atoms with Gasteiger partial charge in [-0.15, -0.1) is 0 Å². The van der Waals surface area contributed by atoms with E-state index < -0.39 is 11.0 Å². The van der Waals surface area contributed by atoms with E-state index in [4.69, 9.17) is 4.74 Å². The summed E-state index contributed by atoms with van der Waals surface area (Å²) in [5.74, 6) is 0.255. The topological polar surface area (TPSA) is 32.8 Å². The van der Waals surface area contributed by atoms with Crippen LogP contribution in [0.1, 0.15) is 41.5 Å². The van der Waals surface area contributed by atoms with Gasteiger partial charge in [-0.05, 0) is 41.5 Å². The molecule has 1 unspecified atom stereocenters. The van der Waals surface area contributed by atoms with Gasteiger partial charge >= 0.3 is 0 Å². The highest BCUT2D eigenvalue weighted by atomic mass is 32.2. The van der Waals surface area contributed by atoms with Gasteiger partial charge in [-0.1, -0.05) is 5.57 Å². The van der Waals surface area contributed by atoms with Gasteiger partial charge in [0, 0.05) is 18.8 Å². The SMILES string of the molecule is COCS(=O)N1CN(C(C)C)C(=C(C)C)C1(C)C. The smallest absolute Gasteiger partial charge is 0.136 e. The third-order valence-electron chi connectivity index (χ3n) is 3.33. The molecule has 1 aliphatic heterocycles. The van der Waals surface area contributed by atoms with E-state index in [0.717, 1.165) is 0 Å². The minimum Gasteiger partial charge on any atom is -0.370 e. The Labute approximate surface area is 114 Å². The molecule has 1 aliphatic rings. The van der Waals surface area contributed by atoms with Gasteiger partial charge in [0.05, 0.1) is 12.2 Å². The van der Waals surface area contributed by atoms with Gasteiger partial charge in [-0.2, -0.15) is 4.31 Å². The van der Waals surface area contributed by atoms with Crippen molar-refractivity contribution in [3.05, 3.63) is 11.3 Å². The second kappa shape index (κ2) is 5.72. The fourth-order valence-electron chi connectivity index (χ4n) is 2.66. The number of hydrogen-bond acceptors (Lipinski definition) is 3. The monoisotopic (exact) mass is 274 g/mol. The van der Waals surface area contributed by atoms with Crippen LogP contribution in [0.15, 0.2) is 11.3 Å². The lowest BCUT2D eigenvalue weighted by atomic mass is 9.97. The molecular formula is C13H26N2O2S. The third kappa shape index (κ3) is 2.78. The Hall–Kier alpha value is -0.390. The van der Waals surface area contributed by atoms with E-state index in [2.05, 4.69) is 46.4 Å². The van der Waals surface area contributed by atoms with Crippen LogP contribution in [-0.4, -0.2) is 44.7 Å². The Morgan fingerprint density at radius 3 is 2.33 bits per heavy atom. The zero-order chi connectivity index (χ0) is 14.1. The molecule has 0 spiro atoms. The molecule has 5 heteroatoms. The van der Waals surface area contributed by atoms with Crippen molar-refractivity contribution in [3.63, 3.8) is 0 Å². The lowest BCUT2D eigenvalue weighted by Gasteiger charge is -2.31. The zero-order valence-electron chi connectivity index (χ0n) is 12.6. The number of rotatable bonds is 4. The van der Waals surface area contributed by atoms with Gasteiger partial charge in [0.15, 0.2) is 0 Å². The average molecular weight is 274 g/mol. The van der Waals surface area contributed by atoms with E-state index in [-0.39, 0.29) is 11.5 Å². The second-order valence-corrected chi connectivity index (χ2v) is 7.04. The maximum Gasteiger partial charge on any atom is 0.136 e. The number of nitrogens with zero attached hydrogens (tertiary/aromatic N) is 2. The molecule has 106 valence electrons. The molecule has 0 aromatic rings. The highest BCUT2D eigenvalue weighted by molar-refractivity contribution is 7.82. The fraction of sp³-hybridized carbons (Fsp3) is 0.846. The van der Waals surface area contributed by atoms with Gasteiger partial charge in [-0.3, -0.25) is 0 Å². The summed E-state index contributed by atoms with van der Waals surface area (Å²) in [6, 6.07) is 0.402. The lowest BCUT2D eigenvalue weighted by Crippen LogP contribution is -2.41. The van der Waals surface area contributed by atoms with Crippen LogP contribution >= 0.6 is 0 Å². The standard InChI is InChI=1S/C13H26N2O2S/c1-10(2)12-13(5,6)15(18(16)9-17-7)8-14(12)11(3)4/h11H,8-9H2,1-7H3. The maximum absolute atomic E-state index is 12.3. The molecule has 0 amide bonds. The van der Waals surface area contributed by atoms with E-state index in [1.54, 1.807) is 7.11 Å². The van der Waals surface area contributed by atoms with Crippen molar-refractivity contribution in [2.45, 2.75) is 53.1 Å². The summed E-state index contributed by atoms with van der Waals surface area (Å²) in [6.07, 6.45) is 0. The summed E-state index contributed by atoms with van der Waals surface area (Å²) in [5.41, 5.74) is 2.35. The van der Waals surface area contributed by atoms with Crippen LogP contribution < -0.4 is 0 Å². The third-order valence-corrected chi connectivity index (χ3v) is 4.83. The Morgan fingerprint density at radius 2 is 2.00 bits per heavy atom. The van der Waals surface area contributed by atoms with Crippen molar-refractivity contribution in [2.75, 3.05) is 19.7 Å². The normalized spacial score (nSPS) is 21.8. The Morgan fingerprint density at radius 1 is 1.44 bits per heavy atom. The highest BCUT2D eigenvalue weighted by Gasteiger charge is 2.45. The van der Waals surface area contributed by atoms with Gasteiger partial charge in [-0.25, -0.2) is 4.21 Å². The molecule has 4 nitrogen and oxygen atoms in total. The minimum atomic E-state index is -1.10. The van der Waals surface area contributed by atoms with Crippen molar-refractivity contribution in [2.24, 2.45) is 0 Å². The van der Waals surface area contributed by atoms with Gasteiger partial charge < -0.3 is 9.64 Å². The summed E-state index contributed by atoms with van der Waals surface area (Å²) in [7, 11) is 0.482. The van der Waals surface area contributed by atoms with Gasteiger partial charge in [0.2, 0.25) is 0 Å². The molecule has 1 saturated heterocycles. The van der Waals surface area contributed by atoms with E-state index in [9.17, 15) is 4.21 Å². The molecule has 1 heterocycles. The predicted octanol–water partition coefficient (Wildman–Crippen LogP) is 2.31. The van der Waals surface area contributed by atoms with Crippen LogP contribution in [0.4, 0.5) is 0 Å². The van der Waals surface area contributed by atoms with Gasteiger partial charge in [0.25, 0.3) is 0 Å². The molecule has 0 N–H and O–H groups in total. The number of ether oxygens (including phenoxy) is 1. The minimum absolute atomic E-state index is 0.216. The molecule has 18 heavy (non-hydrogen) atoms. The van der Waals surface area contributed by atoms with Crippen molar-refractivity contribution in [1.82, 2.24) is 9.21 Å². The summed E-state index contributed by atoms with van der Waals surface area (Å²) in [4.78, 5) is 2.32. The summed E-state index contributed by atoms with van der Waals surface area (Å²) >= 11 is 0. The van der Waals surface area contributed by atoms with Gasteiger partial charge in [0.1, 0.15) is 16.9 Å². The van der Waals surface area contributed by atoms with E-state index >= 15 is 0 Å². The van der Waals surface area contributed by atoms with Crippen LogP contribution in [0, 0.1) is 0 Å². The largest absolute Gasteiger partial charge is 0.370 e. The summed E-state index contributed by atoms with van der Waals surface area (Å²) in [5, 5.41) is 0. The quantitative estimate of drug-likeness (QED) is 0.788. The molecule has 0 bridgehead atoms. The first-order valence-electron chi connectivity index (χ1n) is 6.33. The number of allylic oxidation sites excluding steroid dienone is 1. The molecular weight excluding hydrogens is 248 g/mol. The van der Waals surface area contributed by atoms with Crippen molar-refractivity contribution >= 4 is 11.0 Å². The lowest BCUT2D eigenvalue weighted by molar-refractivity contribution is 0.234. The van der Waals surface area contributed by atoms with Crippen LogP contribution in [0.25, 0.3) is 0 Å². The Kier molecular flexibility index (Phi) is 4.98. The first kappa shape index (κ1) is 15.7. The summed E-state index contributed by atoms with van der Waals surface area (Å²) in [6.45, 7) is 13.5. The predicted molar refractivity (Wildman–Crippen MR) is 76.2 cm³/mol. The van der Waals surface area contributed by atoms with Crippen LogP contribution in [0.3, 0.4) is 0 Å². The van der Waals surface area contributed by atoms with Crippen LogP contribution in [0.2, 0.25) is 0 Å². The zero-order valence-corrected chi connectivity index (χ0v) is 13.4. The molecule has 0 radical (unpaired) electrons. The van der Waals surface area contributed by atoms with E-state index in [1.165, 1.54) is 11.3 Å². The number of hydrogen-bond donors (Lipinski definition) is 0. The molecule has 1 atom stereocenters. The highest BCUT2D eigenvalue weighted by Crippen LogP contribution is 2.38. The molecule has 0 aromatic heterocycles. The molecule has 0 aromatic carbocycles. The van der Waals surface area contributed by atoms with Crippen molar-refractivity contribution in [1.29, 1.82) is 0 Å².